The van der Waals surface area contributed by atoms with E-state index in [1.54, 1.807) is 6.92 Å². The molecule has 0 bridgehead atoms. The fourth-order valence-electron chi connectivity index (χ4n) is 1.93. The molecule has 0 radical (unpaired) electrons. The molecule has 5 nitrogen and oxygen atoms in total. The molecule has 114 valence electrons. The summed E-state index contributed by atoms with van der Waals surface area (Å²) in [4.78, 5) is 0. The van der Waals surface area contributed by atoms with E-state index < -0.39 is 10.0 Å². The summed E-state index contributed by atoms with van der Waals surface area (Å²) in [5, 5.41) is 3.05. The Morgan fingerprint density at radius 1 is 1.30 bits per heavy atom. The van der Waals surface area contributed by atoms with Crippen LogP contribution in [0.25, 0.3) is 0 Å². The van der Waals surface area contributed by atoms with Crippen molar-refractivity contribution in [1.82, 2.24) is 10.0 Å². The summed E-state index contributed by atoms with van der Waals surface area (Å²) in [6.07, 6.45) is 0. The van der Waals surface area contributed by atoms with Crippen molar-refractivity contribution in [2.75, 3.05) is 20.3 Å². The standard InChI is InChI=1S/C14H24N2O3S/c1-4-19-10-12(2)16-20(17,18)11-14-7-5-6-13(8-14)9-15-3/h5-8,12,15-16H,4,9-11H2,1-3H3. The van der Waals surface area contributed by atoms with Crippen molar-refractivity contribution in [2.24, 2.45) is 0 Å². The fourth-order valence-corrected chi connectivity index (χ4v) is 3.31. The molecule has 0 spiro atoms. The van der Waals surface area contributed by atoms with E-state index in [9.17, 15) is 8.42 Å². The molecular weight excluding hydrogens is 276 g/mol. The maximum absolute atomic E-state index is 12.1. The Morgan fingerprint density at radius 2 is 2.00 bits per heavy atom. The highest BCUT2D eigenvalue weighted by molar-refractivity contribution is 7.88. The lowest BCUT2D eigenvalue weighted by Crippen LogP contribution is -2.36. The van der Waals surface area contributed by atoms with Crippen LogP contribution in [0.3, 0.4) is 0 Å². The van der Waals surface area contributed by atoms with Crippen molar-refractivity contribution in [1.29, 1.82) is 0 Å². The first-order valence-electron chi connectivity index (χ1n) is 6.77. The van der Waals surface area contributed by atoms with Crippen molar-refractivity contribution in [3.63, 3.8) is 0 Å². The van der Waals surface area contributed by atoms with E-state index in [0.29, 0.717) is 13.2 Å². The highest BCUT2D eigenvalue weighted by Gasteiger charge is 2.15. The van der Waals surface area contributed by atoms with Gasteiger partial charge in [0.1, 0.15) is 0 Å². The third kappa shape index (κ3) is 6.47. The van der Waals surface area contributed by atoms with Crippen LogP contribution in [-0.2, 0) is 27.1 Å². The van der Waals surface area contributed by atoms with Crippen LogP contribution in [-0.4, -0.2) is 34.7 Å². The summed E-state index contributed by atoms with van der Waals surface area (Å²) < 4.78 is 32.0. The minimum atomic E-state index is -3.35. The quantitative estimate of drug-likeness (QED) is 0.720. The van der Waals surface area contributed by atoms with Gasteiger partial charge in [-0.3, -0.25) is 0 Å². The first-order chi connectivity index (χ1) is 9.46. The minimum absolute atomic E-state index is 0.0129. The van der Waals surface area contributed by atoms with Crippen molar-refractivity contribution < 1.29 is 13.2 Å². The summed E-state index contributed by atoms with van der Waals surface area (Å²) in [6.45, 7) is 5.37. The molecule has 0 aromatic heterocycles. The molecule has 20 heavy (non-hydrogen) atoms. The zero-order chi connectivity index (χ0) is 15.0. The van der Waals surface area contributed by atoms with Gasteiger partial charge in [-0.2, -0.15) is 0 Å². The zero-order valence-corrected chi connectivity index (χ0v) is 13.2. The maximum atomic E-state index is 12.1. The largest absolute Gasteiger partial charge is 0.380 e. The number of sulfonamides is 1. The van der Waals surface area contributed by atoms with E-state index in [-0.39, 0.29) is 11.8 Å². The lowest BCUT2D eigenvalue weighted by molar-refractivity contribution is 0.133. The van der Waals surface area contributed by atoms with E-state index in [2.05, 4.69) is 10.0 Å². The van der Waals surface area contributed by atoms with Gasteiger partial charge in [-0.25, -0.2) is 13.1 Å². The van der Waals surface area contributed by atoms with Crippen LogP contribution < -0.4 is 10.0 Å². The molecule has 2 N–H and O–H groups in total. The molecule has 1 atom stereocenters. The molecule has 0 aliphatic heterocycles. The third-order valence-corrected chi connectivity index (χ3v) is 4.16. The lowest BCUT2D eigenvalue weighted by atomic mass is 10.1. The maximum Gasteiger partial charge on any atom is 0.216 e. The van der Waals surface area contributed by atoms with Gasteiger partial charge in [0, 0.05) is 19.2 Å². The van der Waals surface area contributed by atoms with Gasteiger partial charge in [0.2, 0.25) is 10.0 Å². The number of nitrogens with one attached hydrogen (secondary N) is 2. The van der Waals surface area contributed by atoms with Crippen LogP contribution in [0, 0.1) is 0 Å². The Kier molecular flexibility index (Phi) is 7.15. The second-order valence-electron chi connectivity index (χ2n) is 4.79. The van der Waals surface area contributed by atoms with Crippen LogP contribution in [0.4, 0.5) is 0 Å². The molecule has 1 aromatic rings. The molecule has 0 heterocycles. The summed E-state index contributed by atoms with van der Waals surface area (Å²) in [6, 6.07) is 7.36. The van der Waals surface area contributed by atoms with Crippen LogP contribution in [0.15, 0.2) is 24.3 Å². The summed E-state index contributed by atoms with van der Waals surface area (Å²) >= 11 is 0. The van der Waals surface area contributed by atoms with Gasteiger partial charge in [-0.1, -0.05) is 24.3 Å². The number of ether oxygens (including phenoxy) is 1. The van der Waals surface area contributed by atoms with Crippen molar-refractivity contribution in [3.05, 3.63) is 35.4 Å². The van der Waals surface area contributed by atoms with E-state index >= 15 is 0 Å². The van der Waals surface area contributed by atoms with Gasteiger partial charge >= 0.3 is 0 Å². The second-order valence-corrected chi connectivity index (χ2v) is 6.54. The number of rotatable bonds is 9. The number of hydrogen-bond donors (Lipinski definition) is 2. The van der Waals surface area contributed by atoms with Gasteiger partial charge < -0.3 is 10.1 Å². The Hall–Kier alpha value is -0.950. The van der Waals surface area contributed by atoms with Gasteiger partial charge in [0.15, 0.2) is 0 Å². The summed E-state index contributed by atoms with van der Waals surface area (Å²) in [5.41, 5.74) is 1.86. The topological polar surface area (TPSA) is 67.4 Å². The van der Waals surface area contributed by atoms with E-state index in [4.69, 9.17) is 4.74 Å². The number of hydrogen-bond acceptors (Lipinski definition) is 4. The van der Waals surface area contributed by atoms with Crippen molar-refractivity contribution in [3.8, 4) is 0 Å². The molecule has 0 saturated heterocycles. The highest BCUT2D eigenvalue weighted by Crippen LogP contribution is 2.09. The smallest absolute Gasteiger partial charge is 0.216 e. The second kappa shape index (κ2) is 8.36. The Balaban J connectivity index is 2.63. The molecule has 0 aliphatic rings. The fraction of sp³-hybridized carbons (Fsp3) is 0.571. The molecular formula is C14H24N2O3S. The van der Waals surface area contributed by atoms with Crippen LogP contribution >= 0.6 is 0 Å². The van der Waals surface area contributed by atoms with Gasteiger partial charge in [0.05, 0.1) is 12.4 Å². The molecule has 0 aliphatic carbocycles. The first kappa shape index (κ1) is 17.1. The summed E-state index contributed by atoms with van der Waals surface area (Å²) in [5.74, 6) is -0.0129. The molecule has 1 aromatic carbocycles. The van der Waals surface area contributed by atoms with E-state index in [1.165, 1.54) is 0 Å². The van der Waals surface area contributed by atoms with E-state index in [1.807, 2.05) is 38.2 Å². The monoisotopic (exact) mass is 300 g/mol. The van der Waals surface area contributed by atoms with Gasteiger partial charge in [-0.15, -0.1) is 0 Å². The number of benzene rings is 1. The minimum Gasteiger partial charge on any atom is -0.380 e. The predicted molar refractivity (Wildman–Crippen MR) is 80.9 cm³/mol. The molecule has 0 saturated carbocycles. The Bertz CT molecular complexity index is 503. The zero-order valence-electron chi connectivity index (χ0n) is 12.3. The van der Waals surface area contributed by atoms with Crippen LogP contribution in [0.2, 0.25) is 0 Å². The van der Waals surface area contributed by atoms with Crippen molar-refractivity contribution in [2.45, 2.75) is 32.2 Å². The molecule has 1 rings (SSSR count). The highest BCUT2D eigenvalue weighted by atomic mass is 32.2. The normalized spacial score (nSPS) is 13.3. The van der Waals surface area contributed by atoms with Crippen LogP contribution in [0.1, 0.15) is 25.0 Å². The molecule has 6 heteroatoms. The Labute approximate surface area is 121 Å². The Morgan fingerprint density at radius 3 is 2.65 bits per heavy atom. The first-order valence-corrected chi connectivity index (χ1v) is 8.42. The van der Waals surface area contributed by atoms with Gasteiger partial charge in [0.25, 0.3) is 0 Å². The average Bonchev–Trinajstić information content (AvgIpc) is 2.36. The van der Waals surface area contributed by atoms with Crippen molar-refractivity contribution >= 4 is 10.0 Å². The average molecular weight is 300 g/mol. The molecule has 0 amide bonds. The summed E-state index contributed by atoms with van der Waals surface area (Å²) in [7, 11) is -1.48. The SMILES string of the molecule is CCOCC(C)NS(=O)(=O)Cc1cccc(CNC)c1. The van der Waals surface area contributed by atoms with Gasteiger partial charge in [-0.05, 0) is 32.0 Å². The third-order valence-electron chi connectivity index (χ3n) is 2.68. The van der Waals surface area contributed by atoms with Crippen LogP contribution in [0.5, 0.6) is 0 Å². The van der Waals surface area contributed by atoms with E-state index in [0.717, 1.165) is 17.7 Å². The molecule has 0 fully saturated rings. The lowest BCUT2D eigenvalue weighted by Gasteiger charge is -2.14. The predicted octanol–water partition coefficient (Wildman–Crippen LogP) is 1.25. The molecule has 1 unspecified atom stereocenters.